The summed E-state index contributed by atoms with van der Waals surface area (Å²) in [5, 5.41) is 3.22. The molecule has 1 aliphatic rings. The first kappa shape index (κ1) is 12.8. The summed E-state index contributed by atoms with van der Waals surface area (Å²) in [7, 11) is 1.35. The van der Waals surface area contributed by atoms with Crippen LogP contribution in [-0.2, 0) is 17.6 Å². The molecule has 18 heavy (non-hydrogen) atoms. The maximum atomic E-state index is 11.6. The minimum Gasteiger partial charge on any atom is -0.463 e. The molecule has 0 aliphatic heterocycles. The van der Waals surface area contributed by atoms with E-state index in [4.69, 9.17) is 4.74 Å². The highest BCUT2D eigenvalue weighted by molar-refractivity contribution is 5.85. The SMILES string of the molecule is CCNc1nc(C(=O)OC)nc2c1CCCCC2. The van der Waals surface area contributed by atoms with Crippen LogP contribution in [0.4, 0.5) is 5.82 Å². The first-order chi connectivity index (χ1) is 8.76. The average Bonchev–Trinajstić information content (AvgIpc) is 2.63. The van der Waals surface area contributed by atoms with Crippen molar-refractivity contribution in [3.63, 3.8) is 0 Å². The van der Waals surface area contributed by atoms with Crippen LogP contribution in [0, 0.1) is 0 Å². The number of hydrogen-bond donors (Lipinski definition) is 1. The van der Waals surface area contributed by atoms with E-state index in [2.05, 4.69) is 15.3 Å². The van der Waals surface area contributed by atoms with Crippen LogP contribution in [0.25, 0.3) is 0 Å². The van der Waals surface area contributed by atoms with Crippen molar-refractivity contribution in [1.82, 2.24) is 9.97 Å². The van der Waals surface area contributed by atoms with E-state index in [0.717, 1.165) is 43.7 Å². The molecule has 1 aliphatic carbocycles. The largest absolute Gasteiger partial charge is 0.463 e. The Labute approximate surface area is 107 Å². The van der Waals surface area contributed by atoms with Gasteiger partial charge in [0.25, 0.3) is 0 Å². The van der Waals surface area contributed by atoms with Crippen LogP contribution in [0.3, 0.4) is 0 Å². The molecule has 1 N–H and O–H groups in total. The van der Waals surface area contributed by atoms with E-state index in [9.17, 15) is 4.79 Å². The summed E-state index contributed by atoms with van der Waals surface area (Å²) in [6.07, 6.45) is 5.39. The average molecular weight is 249 g/mol. The Kier molecular flexibility index (Phi) is 4.12. The molecule has 0 saturated carbocycles. The minimum atomic E-state index is -0.471. The van der Waals surface area contributed by atoms with E-state index in [-0.39, 0.29) is 5.82 Å². The summed E-state index contributed by atoms with van der Waals surface area (Å²) in [5.74, 6) is 0.486. The van der Waals surface area contributed by atoms with E-state index in [0.29, 0.717) is 0 Å². The van der Waals surface area contributed by atoms with Crippen molar-refractivity contribution in [2.24, 2.45) is 0 Å². The van der Waals surface area contributed by atoms with Gasteiger partial charge >= 0.3 is 5.97 Å². The molecule has 0 amide bonds. The van der Waals surface area contributed by atoms with E-state index < -0.39 is 5.97 Å². The van der Waals surface area contributed by atoms with Gasteiger partial charge in [-0.05, 0) is 32.6 Å². The Morgan fingerprint density at radius 1 is 1.28 bits per heavy atom. The quantitative estimate of drug-likeness (QED) is 0.655. The number of aromatic nitrogens is 2. The van der Waals surface area contributed by atoms with Gasteiger partial charge in [0.15, 0.2) is 0 Å². The van der Waals surface area contributed by atoms with E-state index in [1.165, 1.54) is 19.1 Å². The molecule has 0 unspecified atom stereocenters. The zero-order valence-electron chi connectivity index (χ0n) is 11.0. The topological polar surface area (TPSA) is 64.1 Å². The second-order valence-electron chi connectivity index (χ2n) is 4.40. The van der Waals surface area contributed by atoms with Crippen LogP contribution in [-0.4, -0.2) is 29.6 Å². The number of esters is 1. The van der Waals surface area contributed by atoms with Gasteiger partial charge in [-0.2, -0.15) is 0 Å². The monoisotopic (exact) mass is 249 g/mol. The lowest BCUT2D eigenvalue weighted by atomic mass is 10.1. The fourth-order valence-electron chi connectivity index (χ4n) is 2.27. The molecule has 0 aromatic carbocycles. The van der Waals surface area contributed by atoms with Crippen LogP contribution in [0.2, 0.25) is 0 Å². The van der Waals surface area contributed by atoms with Gasteiger partial charge in [-0.3, -0.25) is 0 Å². The van der Waals surface area contributed by atoms with Gasteiger partial charge in [-0.15, -0.1) is 0 Å². The van der Waals surface area contributed by atoms with Crippen LogP contribution in [0.5, 0.6) is 0 Å². The van der Waals surface area contributed by atoms with Crippen molar-refractivity contribution < 1.29 is 9.53 Å². The van der Waals surface area contributed by atoms with Crippen molar-refractivity contribution in [1.29, 1.82) is 0 Å². The fourth-order valence-corrected chi connectivity index (χ4v) is 2.27. The maximum absolute atomic E-state index is 11.6. The predicted octanol–water partition coefficient (Wildman–Crippen LogP) is 1.96. The highest BCUT2D eigenvalue weighted by atomic mass is 16.5. The molecule has 0 saturated heterocycles. The van der Waals surface area contributed by atoms with Crippen molar-refractivity contribution in [2.45, 2.75) is 39.0 Å². The molecule has 0 bridgehead atoms. The number of methoxy groups -OCH3 is 1. The minimum absolute atomic E-state index is 0.161. The number of nitrogens with zero attached hydrogens (tertiary/aromatic N) is 2. The molecule has 5 nitrogen and oxygen atoms in total. The molecule has 1 heterocycles. The third kappa shape index (κ3) is 2.60. The molecule has 0 atom stereocenters. The van der Waals surface area contributed by atoms with Gasteiger partial charge in [-0.25, -0.2) is 14.8 Å². The number of carbonyl (C=O) groups is 1. The Balaban J connectivity index is 2.44. The Hall–Kier alpha value is -1.65. The molecule has 0 spiro atoms. The fraction of sp³-hybridized carbons (Fsp3) is 0.615. The van der Waals surface area contributed by atoms with Crippen molar-refractivity contribution in [3.8, 4) is 0 Å². The molecular weight excluding hydrogens is 230 g/mol. The van der Waals surface area contributed by atoms with Gasteiger partial charge in [-0.1, -0.05) is 6.42 Å². The van der Waals surface area contributed by atoms with Crippen molar-refractivity contribution in [2.75, 3.05) is 19.0 Å². The Bertz CT molecular complexity index is 446. The number of nitrogens with one attached hydrogen (secondary N) is 1. The summed E-state index contributed by atoms with van der Waals surface area (Å²) in [6.45, 7) is 2.80. The molecule has 5 heteroatoms. The molecule has 98 valence electrons. The number of fused-ring (bicyclic) bond motifs is 1. The second kappa shape index (κ2) is 5.80. The van der Waals surface area contributed by atoms with Crippen LogP contribution in [0.1, 0.15) is 48.1 Å². The van der Waals surface area contributed by atoms with E-state index in [1.807, 2.05) is 6.92 Å². The Morgan fingerprint density at radius 2 is 2.06 bits per heavy atom. The Morgan fingerprint density at radius 3 is 2.78 bits per heavy atom. The van der Waals surface area contributed by atoms with Crippen molar-refractivity contribution >= 4 is 11.8 Å². The van der Waals surface area contributed by atoms with E-state index >= 15 is 0 Å². The zero-order chi connectivity index (χ0) is 13.0. The summed E-state index contributed by atoms with van der Waals surface area (Å²) >= 11 is 0. The number of rotatable bonds is 3. The number of ether oxygens (including phenoxy) is 1. The number of carbonyl (C=O) groups excluding carboxylic acids is 1. The molecule has 0 fully saturated rings. The van der Waals surface area contributed by atoms with Crippen LogP contribution in [0.15, 0.2) is 0 Å². The summed E-state index contributed by atoms with van der Waals surface area (Å²) in [6, 6.07) is 0. The smallest absolute Gasteiger partial charge is 0.376 e. The molecule has 2 rings (SSSR count). The standard InChI is InChI=1S/C13H19N3O2/c1-3-14-11-9-7-5-4-6-8-10(9)15-12(16-11)13(17)18-2/h3-8H2,1-2H3,(H,14,15,16). The lowest BCUT2D eigenvalue weighted by Crippen LogP contribution is -2.15. The molecular formula is C13H19N3O2. The lowest BCUT2D eigenvalue weighted by Gasteiger charge is -2.13. The van der Waals surface area contributed by atoms with Gasteiger partial charge in [0.2, 0.25) is 5.82 Å². The number of aryl methyl sites for hydroxylation is 1. The maximum Gasteiger partial charge on any atom is 0.376 e. The highest BCUT2D eigenvalue weighted by Crippen LogP contribution is 2.24. The predicted molar refractivity (Wildman–Crippen MR) is 68.8 cm³/mol. The van der Waals surface area contributed by atoms with Crippen LogP contribution < -0.4 is 5.32 Å². The number of hydrogen-bond acceptors (Lipinski definition) is 5. The molecule has 1 aromatic heterocycles. The zero-order valence-corrected chi connectivity index (χ0v) is 11.0. The molecule has 1 aromatic rings. The highest BCUT2D eigenvalue weighted by Gasteiger charge is 2.19. The van der Waals surface area contributed by atoms with Gasteiger partial charge in [0, 0.05) is 12.1 Å². The normalized spacial score (nSPS) is 14.6. The third-order valence-corrected chi connectivity index (χ3v) is 3.15. The van der Waals surface area contributed by atoms with E-state index in [1.54, 1.807) is 0 Å². The summed E-state index contributed by atoms with van der Waals surface area (Å²) in [4.78, 5) is 20.2. The van der Waals surface area contributed by atoms with Gasteiger partial charge < -0.3 is 10.1 Å². The van der Waals surface area contributed by atoms with Gasteiger partial charge in [0.1, 0.15) is 5.82 Å². The van der Waals surface area contributed by atoms with Gasteiger partial charge in [0.05, 0.1) is 12.8 Å². The van der Waals surface area contributed by atoms with Crippen LogP contribution >= 0.6 is 0 Å². The number of anilines is 1. The third-order valence-electron chi connectivity index (χ3n) is 3.15. The first-order valence-electron chi connectivity index (χ1n) is 6.48. The molecule has 0 radical (unpaired) electrons. The summed E-state index contributed by atoms with van der Waals surface area (Å²) in [5.41, 5.74) is 2.17. The first-order valence-corrected chi connectivity index (χ1v) is 6.48. The second-order valence-corrected chi connectivity index (χ2v) is 4.40. The summed E-state index contributed by atoms with van der Waals surface area (Å²) < 4.78 is 4.70. The van der Waals surface area contributed by atoms with Crippen molar-refractivity contribution in [3.05, 3.63) is 17.1 Å². The lowest BCUT2D eigenvalue weighted by molar-refractivity contribution is 0.0586.